The van der Waals surface area contributed by atoms with Gasteiger partial charge in [0.25, 0.3) is 0 Å². The molecule has 6 heteroatoms. The van der Waals surface area contributed by atoms with Crippen molar-refractivity contribution in [3.05, 3.63) is 36.2 Å². The van der Waals surface area contributed by atoms with Gasteiger partial charge in [0.2, 0.25) is 17.6 Å². The van der Waals surface area contributed by atoms with Crippen LogP contribution in [-0.4, -0.2) is 47.1 Å². The number of rotatable bonds is 5. The molecule has 1 fully saturated rings. The van der Waals surface area contributed by atoms with E-state index < -0.39 is 0 Å². The molecule has 1 amide bonds. The monoisotopic (exact) mass is 314 g/mol. The molecule has 0 atom stereocenters. The zero-order chi connectivity index (χ0) is 16.1. The van der Waals surface area contributed by atoms with Gasteiger partial charge < -0.3 is 9.84 Å². The Kier molecular flexibility index (Phi) is 5.02. The quantitative estimate of drug-likeness (QED) is 0.914. The minimum atomic E-state index is 0.0927. The molecular formula is C17H22N4O2. The fraction of sp³-hybridized carbons (Fsp3) is 0.471. The van der Waals surface area contributed by atoms with Crippen LogP contribution in [0.5, 0.6) is 0 Å². The lowest BCUT2D eigenvalue weighted by molar-refractivity contribution is -0.122. The largest absolute Gasteiger partial charge is 0.355 e. The van der Waals surface area contributed by atoms with Crippen molar-refractivity contribution in [3.8, 4) is 11.4 Å². The van der Waals surface area contributed by atoms with E-state index in [1.165, 1.54) is 0 Å². The highest BCUT2D eigenvalue weighted by atomic mass is 16.5. The van der Waals surface area contributed by atoms with E-state index in [1.807, 2.05) is 37.3 Å². The fourth-order valence-corrected chi connectivity index (χ4v) is 2.90. The molecule has 0 unspecified atom stereocenters. The van der Waals surface area contributed by atoms with Gasteiger partial charge >= 0.3 is 0 Å². The summed E-state index contributed by atoms with van der Waals surface area (Å²) in [5, 5.41) is 6.93. The Bertz CT molecular complexity index is 633. The number of carbonyl (C=O) groups is 1. The maximum absolute atomic E-state index is 11.6. The summed E-state index contributed by atoms with van der Waals surface area (Å²) in [6.45, 7) is 4.85. The molecule has 0 saturated carbocycles. The van der Waals surface area contributed by atoms with Gasteiger partial charge in [-0.15, -0.1) is 0 Å². The first-order chi connectivity index (χ1) is 11.3. The van der Waals surface area contributed by atoms with Crippen molar-refractivity contribution in [2.45, 2.75) is 25.7 Å². The Balaban J connectivity index is 1.56. The number of carbonyl (C=O) groups excluding carboxylic acids is 1. The molecule has 1 N–H and O–H groups in total. The second kappa shape index (κ2) is 7.37. The van der Waals surface area contributed by atoms with E-state index in [9.17, 15) is 4.79 Å². The Labute approximate surface area is 135 Å². The van der Waals surface area contributed by atoms with E-state index in [-0.39, 0.29) is 11.8 Å². The Morgan fingerprint density at radius 3 is 2.74 bits per heavy atom. The fourth-order valence-electron chi connectivity index (χ4n) is 2.90. The highest BCUT2D eigenvalue weighted by Crippen LogP contribution is 2.28. The third-order valence-electron chi connectivity index (χ3n) is 4.15. The number of hydrogen-bond donors (Lipinski definition) is 1. The van der Waals surface area contributed by atoms with Gasteiger partial charge in [-0.3, -0.25) is 9.69 Å². The molecule has 1 aliphatic rings. The molecule has 6 nitrogen and oxygen atoms in total. The lowest BCUT2D eigenvalue weighted by Crippen LogP contribution is -2.41. The number of amides is 1. The lowest BCUT2D eigenvalue weighted by Gasteiger charge is -2.29. The second-order valence-corrected chi connectivity index (χ2v) is 5.83. The number of hydrogen-bond acceptors (Lipinski definition) is 5. The third-order valence-corrected chi connectivity index (χ3v) is 4.15. The number of likely N-dealkylation sites (N-methyl/N-ethyl adjacent to an activating group) is 1. The van der Waals surface area contributed by atoms with Crippen molar-refractivity contribution < 1.29 is 9.32 Å². The summed E-state index contributed by atoms with van der Waals surface area (Å²) in [5.41, 5.74) is 0.969. The molecule has 2 aromatic rings. The highest BCUT2D eigenvalue weighted by Gasteiger charge is 2.26. The minimum absolute atomic E-state index is 0.0927. The first-order valence-corrected chi connectivity index (χ1v) is 8.14. The topological polar surface area (TPSA) is 71.3 Å². The maximum Gasteiger partial charge on any atom is 0.234 e. The summed E-state index contributed by atoms with van der Waals surface area (Å²) in [6, 6.07) is 9.85. The molecule has 1 aliphatic heterocycles. The molecule has 1 aromatic heterocycles. The molecule has 23 heavy (non-hydrogen) atoms. The minimum Gasteiger partial charge on any atom is -0.355 e. The van der Waals surface area contributed by atoms with E-state index in [1.54, 1.807) is 0 Å². The van der Waals surface area contributed by atoms with Crippen LogP contribution in [-0.2, 0) is 4.79 Å². The molecule has 0 radical (unpaired) electrons. The molecule has 3 rings (SSSR count). The van der Waals surface area contributed by atoms with Crippen LogP contribution in [0.3, 0.4) is 0 Å². The van der Waals surface area contributed by atoms with Crippen LogP contribution in [0.15, 0.2) is 34.9 Å². The third kappa shape index (κ3) is 3.96. The van der Waals surface area contributed by atoms with Gasteiger partial charge in [0.05, 0.1) is 6.54 Å². The van der Waals surface area contributed by atoms with E-state index in [0.717, 1.165) is 31.5 Å². The standard InChI is InChI=1S/C17H22N4O2/c1-2-18-15(22)12-21-10-8-14(9-11-21)17-19-16(20-23-17)13-6-4-3-5-7-13/h3-7,14H,2,8-12H2,1H3,(H,18,22). The second-order valence-electron chi connectivity index (χ2n) is 5.83. The van der Waals surface area contributed by atoms with Crippen molar-refractivity contribution in [3.63, 3.8) is 0 Å². The van der Waals surface area contributed by atoms with Crippen LogP contribution in [0, 0.1) is 0 Å². The first-order valence-electron chi connectivity index (χ1n) is 8.14. The predicted molar refractivity (Wildman–Crippen MR) is 86.8 cm³/mol. The molecule has 1 saturated heterocycles. The zero-order valence-electron chi connectivity index (χ0n) is 13.4. The SMILES string of the molecule is CCNC(=O)CN1CCC(c2nc(-c3ccccc3)no2)CC1. The van der Waals surface area contributed by atoms with E-state index in [4.69, 9.17) is 4.52 Å². The van der Waals surface area contributed by atoms with Crippen LogP contribution < -0.4 is 5.32 Å². The molecular weight excluding hydrogens is 292 g/mol. The summed E-state index contributed by atoms with van der Waals surface area (Å²) in [4.78, 5) is 18.3. The average molecular weight is 314 g/mol. The van der Waals surface area contributed by atoms with Crippen LogP contribution in [0.2, 0.25) is 0 Å². The summed E-state index contributed by atoms with van der Waals surface area (Å²) in [6.07, 6.45) is 1.88. The van der Waals surface area contributed by atoms with Gasteiger partial charge in [-0.1, -0.05) is 35.5 Å². The molecule has 0 aliphatic carbocycles. The molecule has 0 spiro atoms. The molecule has 122 valence electrons. The van der Waals surface area contributed by atoms with Crippen molar-refractivity contribution in [1.29, 1.82) is 0 Å². The number of aromatic nitrogens is 2. The lowest BCUT2D eigenvalue weighted by atomic mass is 9.97. The maximum atomic E-state index is 11.6. The summed E-state index contributed by atoms with van der Waals surface area (Å²) in [7, 11) is 0. The van der Waals surface area contributed by atoms with Gasteiger partial charge in [-0.25, -0.2) is 0 Å². The normalized spacial score (nSPS) is 16.4. The Morgan fingerprint density at radius 1 is 1.30 bits per heavy atom. The van der Waals surface area contributed by atoms with Crippen molar-refractivity contribution in [2.24, 2.45) is 0 Å². The smallest absolute Gasteiger partial charge is 0.234 e. The summed E-state index contributed by atoms with van der Waals surface area (Å²) < 4.78 is 5.45. The predicted octanol–water partition coefficient (Wildman–Crippen LogP) is 2.05. The number of nitrogens with one attached hydrogen (secondary N) is 1. The molecule has 2 heterocycles. The van der Waals surface area contributed by atoms with E-state index in [0.29, 0.717) is 24.8 Å². The van der Waals surface area contributed by atoms with E-state index in [2.05, 4.69) is 20.4 Å². The zero-order valence-corrected chi connectivity index (χ0v) is 13.4. The summed E-state index contributed by atoms with van der Waals surface area (Å²) in [5.74, 6) is 1.73. The van der Waals surface area contributed by atoms with Crippen LogP contribution in [0.1, 0.15) is 31.6 Å². The number of benzene rings is 1. The van der Waals surface area contributed by atoms with Gasteiger partial charge in [0, 0.05) is 18.0 Å². The highest BCUT2D eigenvalue weighted by molar-refractivity contribution is 5.77. The molecule has 0 bridgehead atoms. The van der Waals surface area contributed by atoms with Crippen molar-refractivity contribution in [1.82, 2.24) is 20.4 Å². The number of likely N-dealkylation sites (tertiary alicyclic amines) is 1. The Hall–Kier alpha value is -2.21. The van der Waals surface area contributed by atoms with Crippen LogP contribution in [0.25, 0.3) is 11.4 Å². The van der Waals surface area contributed by atoms with Crippen LogP contribution in [0.4, 0.5) is 0 Å². The first kappa shape index (κ1) is 15.7. The number of nitrogens with zero attached hydrogens (tertiary/aromatic N) is 3. The average Bonchev–Trinajstić information content (AvgIpc) is 3.07. The van der Waals surface area contributed by atoms with Crippen molar-refractivity contribution >= 4 is 5.91 Å². The van der Waals surface area contributed by atoms with Gasteiger partial charge in [-0.2, -0.15) is 4.98 Å². The van der Waals surface area contributed by atoms with Gasteiger partial charge in [0.1, 0.15) is 0 Å². The molecule has 1 aromatic carbocycles. The summed E-state index contributed by atoms with van der Waals surface area (Å²) >= 11 is 0. The van der Waals surface area contributed by atoms with Crippen LogP contribution >= 0.6 is 0 Å². The van der Waals surface area contributed by atoms with Gasteiger partial charge in [0.15, 0.2) is 0 Å². The van der Waals surface area contributed by atoms with Crippen molar-refractivity contribution in [2.75, 3.05) is 26.2 Å². The van der Waals surface area contributed by atoms with E-state index >= 15 is 0 Å². The van der Waals surface area contributed by atoms with Gasteiger partial charge in [-0.05, 0) is 32.9 Å². The number of piperidine rings is 1. The Morgan fingerprint density at radius 2 is 2.04 bits per heavy atom.